The number of carbonyl (C=O) groups is 1. The number of hydrogen-bond donors (Lipinski definition) is 0. The van der Waals surface area contributed by atoms with Crippen molar-refractivity contribution in [3.8, 4) is 0 Å². The number of anilines is 1. The summed E-state index contributed by atoms with van der Waals surface area (Å²) in [6, 6.07) is 4.76. The molecule has 1 aliphatic heterocycles. The lowest BCUT2D eigenvalue weighted by Crippen LogP contribution is -2.42. The zero-order valence-corrected chi connectivity index (χ0v) is 15.0. The Balaban J connectivity index is 2.14. The van der Waals surface area contributed by atoms with Gasteiger partial charge >= 0.3 is 0 Å². The Morgan fingerprint density at radius 3 is 2.57 bits per heavy atom. The van der Waals surface area contributed by atoms with Gasteiger partial charge in [-0.05, 0) is 12.1 Å². The lowest BCUT2D eigenvalue weighted by molar-refractivity contribution is -0.134. The topological polar surface area (TPSA) is 66.9 Å². The second-order valence-corrected chi connectivity index (χ2v) is 7.84. The molecule has 0 radical (unpaired) electrons. The summed E-state index contributed by atoms with van der Waals surface area (Å²) in [6.07, 6.45) is 1.14. The van der Waals surface area contributed by atoms with Crippen LogP contribution in [0.2, 0.25) is 10.0 Å². The summed E-state index contributed by atoms with van der Waals surface area (Å²) in [4.78, 5) is 13.9. The third-order valence-electron chi connectivity index (χ3n) is 3.49. The Morgan fingerprint density at radius 1 is 1.30 bits per heavy atom. The largest absolute Gasteiger partial charge is 0.378 e. The lowest BCUT2D eigenvalue weighted by atomic mass is 10.3. The van der Waals surface area contributed by atoms with Crippen LogP contribution in [0.3, 0.4) is 0 Å². The van der Waals surface area contributed by atoms with E-state index in [1.54, 1.807) is 23.1 Å². The van der Waals surface area contributed by atoms with E-state index in [1.165, 1.54) is 0 Å². The fourth-order valence-corrected chi connectivity index (χ4v) is 3.70. The van der Waals surface area contributed by atoms with Crippen molar-refractivity contribution in [2.75, 3.05) is 43.4 Å². The molecule has 128 valence electrons. The molecule has 1 aromatic carbocycles. The molecule has 0 N–H and O–H groups in total. The number of benzene rings is 1. The Hall–Kier alpha value is -1.02. The summed E-state index contributed by atoms with van der Waals surface area (Å²) in [5, 5.41) is 0.413. The SMILES string of the molecule is CS(=O)(=O)N(CCC(=O)N1CCOCC1)c1cccc(Cl)c1Cl. The molecule has 1 aliphatic rings. The molecule has 1 aromatic rings. The first-order valence-electron chi connectivity index (χ1n) is 7.08. The standard InChI is InChI=1S/C14H18Cl2N2O4S/c1-23(20,21)18(12-4-2-3-11(15)14(12)16)6-5-13(19)17-7-9-22-10-8-17/h2-4H,5-10H2,1H3. The van der Waals surface area contributed by atoms with Gasteiger partial charge in [0.1, 0.15) is 0 Å². The molecular formula is C14H18Cl2N2O4S. The van der Waals surface area contributed by atoms with Gasteiger partial charge in [0.25, 0.3) is 0 Å². The quantitative estimate of drug-likeness (QED) is 0.783. The maximum absolute atomic E-state index is 12.2. The van der Waals surface area contributed by atoms with Crippen LogP contribution >= 0.6 is 23.2 Å². The molecule has 0 aliphatic carbocycles. The molecule has 1 amide bonds. The zero-order chi connectivity index (χ0) is 17.0. The third kappa shape index (κ3) is 4.73. The van der Waals surface area contributed by atoms with Crippen LogP contribution in [-0.2, 0) is 19.6 Å². The molecule has 2 rings (SSSR count). The van der Waals surface area contributed by atoms with Gasteiger partial charge in [-0.3, -0.25) is 9.10 Å². The molecule has 0 bridgehead atoms. The van der Waals surface area contributed by atoms with Gasteiger partial charge in [-0.1, -0.05) is 29.3 Å². The van der Waals surface area contributed by atoms with E-state index in [-0.39, 0.29) is 34.6 Å². The lowest BCUT2D eigenvalue weighted by Gasteiger charge is -2.28. The molecule has 23 heavy (non-hydrogen) atoms. The minimum atomic E-state index is -3.59. The molecule has 6 nitrogen and oxygen atoms in total. The van der Waals surface area contributed by atoms with Crippen LogP contribution in [0.1, 0.15) is 6.42 Å². The summed E-state index contributed by atoms with van der Waals surface area (Å²) in [5.74, 6) is -0.111. The summed E-state index contributed by atoms with van der Waals surface area (Å²) in [7, 11) is -3.59. The maximum Gasteiger partial charge on any atom is 0.232 e. The number of hydrogen-bond acceptors (Lipinski definition) is 4. The highest BCUT2D eigenvalue weighted by Crippen LogP contribution is 2.33. The number of ether oxygens (including phenoxy) is 1. The summed E-state index contributed by atoms with van der Waals surface area (Å²) in [6.45, 7) is 2.06. The van der Waals surface area contributed by atoms with Crippen molar-refractivity contribution in [3.05, 3.63) is 28.2 Å². The number of morpholine rings is 1. The van der Waals surface area contributed by atoms with Crippen molar-refractivity contribution in [3.63, 3.8) is 0 Å². The number of halogens is 2. The predicted octanol–water partition coefficient (Wildman–Crippen LogP) is 2.01. The summed E-state index contributed by atoms with van der Waals surface area (Å²) >= 11 is 12.1. The van der Waals surface area contributed by atoms with Gasteiger partial charge in [-0.15, -0.1) is 0 Å². The van der Waals surface area contributed by atoms with Crippen LogP contribution in [-0.4, -0.2) is 58.3 Å². The molecule has 1 fully saturated rings. The minimum Gasteiger partial charge on any atom is -0.378 e. The van der Waals surface area contributed by atoms with E-state index in [4.69, 9.17) is 27.9 Å². The minimum absolute atomic E-state index is 0.00901. The monoisotopic (exact) mass is 380 g/mol. The van der Waals surface area contributed by atoms with Gasteiger partial charge in [0, 0.05) is 26.1 Å². The maximum atomic E-state index is 12.2. The third-order valence-corrected chi connectivity index (χ3v) is 5.48. The van der Waals surface area contributed by atoms with Crippen molar-refractivity contribution in [1.29, 1.82) is 0 Å². The fourth-order valence-electron chi connectivity index (χ4n) is 2.32. The first-order chi connectivity index (χ1) is 10.8. The van der Waals surface area contributed by atoms with Gasteiger partial charge in [-0.25, -0.2) is 8.42 Å². The molecule has 0 atom stereocenters. The van der Waals surface area contributed by atoms with Gasteiger partial charge in [-0.2, -0.15) is 0 Å². The molecule has 1 saturated heterocycles. The molecule has 9 heteroatoms. The normalized spacial score (nSPS) is 15.5. The number of carbonyl (C=O) groups excluding carboxylic acids is 1. The van der Waals surface area contributed by atoms with E-state index in [1.807, 2.05) is 0 Å². The van der Waals surface area contributed by atoms with Crippen LogP contribution in [0, 0.1) is 0 Å². The second-order valence-electron chi connectivity index (χ2n) is 5.15. The molecule has 0 aromatic heterocycles. The van der Waals surface area contributed by atoms with Crippen molar-refractivity contribution in [1.82, 2.24) is 4.90 Å². The highest BCUT2D eigenvalue weighted by Gasteiger charge is 2.24. The Bertz CT molecular complexity index is 675. The highest BCUT2D eigenvalue weighted by atomic mass is 35.5. The zero-order valence-electron chi connectivity index (χ0n) is 12.7. The van der Waals surface area contributed by atoms with E-state index in [0.29, 0.717) is 26.3 Å². The van der Waals surface area contributed by atoms with Gasteiger partial charge < -0.3 is 9.64 Å². The average Bonchev–Trinajstić information content (AvgIpc) is 2.51. The van der Waals surface area contributed by atoms with Crippen molar-refractivity contribution >= 4 is 44.8 Å². The molecule has 0 saturated carbocycles. The van der Waals surface area contributed by atoms with E-state index in [0.717, 1.165) is 10.6 Å². The first kappa shape index (κ1) is 18.3. The highest BCUT2D eigenvalue weighted by molar-refractivity contribution is 7.92. The van der Waals surface area contributed by atoms with Crippen molar-refractivity contribution in [2.24, 2.45) is 0 Å². The number of nitrogens with zero attached hydrogens (tertiary/aromatic N) is 2. The summed E-state index contributed by atoms with van der Waals surface area (Å²) in [5.41, 5.74) is 0.274. The van der Waals surface area contributed by atoms with Crippen LogP contribution < -0.4 is 4.31 Å². The number of amides is 1. The van der Waals surface area contributed by atoms with Gasteiger partial charge in [0.2, 0.25) is 15.9 Å². The number of sulfonamides is 1. The van der Waals surface area contributed by atoms with Gasteiger partial charge in [0.05, 0.1) is 35.2 Å². The molecule has 1 heterocycles. The van der Waals surface area contributed by atoms with Gasteiger partial charge in [0.15, 0.2) is 0 Å². The summed E-state index contributed by atoms with van der Waals surface area (Å²) < 4.78 is 30.4. The van der Waals surface area contributed by atoms with E-state index >= 15 is 0 Å². The van der Waals surface area contributed by atoms with Crippen LogP contribution in [0.4, 0.5) is 5.69 Å². The van der Waals surface area contributed by atoms with Crippen molar-refractivity contribution in [2.45, 2.75) is 6.42 Å². The molecule has 0 unspecified atom stereocenters. The van der Waals surface area contributed by atoms with Crippen molar-refractivity contribution < 1.29 is 17.9 Å². The van der Waals surface area contributed by atoms with E-state index in [9.17, 15) is 13.2 Å². The average molecular weight is 381 g/mol. The number of rotatable bonds is 5. The van der Waals surface area contributed by atoms with E-state index < -0.39 is 10.0 Å². The smallest absolute Gasteiger partial charge is 0.232 e. The first-order valence-corrected chi connectivity index (χ1v) is 9.68. The van der Waals surface area contributed by atoms with E-state index in [2.05, 4.69) is 0 Å². The molecule has 0 spiro atoms. The fraction of sp³-hybridized carbons (Fsp3) is 0.500. The Labute approximate surface area is 146 Å². The van der Waals surface area contributed by atoms with Crippen LogP contribution in [0.5, 0.6) is 0 Å². The predicted molar refractivity (Wildman–Crippen MR) is 90.7 cm³/mol. The Kier molecular flexibility index (Phi) is 6.13. The van der Waals surface area contributed by atoms with Crippen LogP contribution in [0.25, 0.3) is 0 Å². The second kappa shape index (κ2) is 7.70. The molecular weight excluding hydrogens is 363 g/mol. The van der Waals surface area contributed by atoms with Crippen LogP contribution in [0.15, 0.2) is 18.2 Å². The Morgan fingerprint density at radius 2 is 1.96 bits per heavy atom.